The predicted molar refractivity (Wildman–Crippen MR) is 161 cm³/mol. The Morgan fingerprint density at radius 1 is 0.932 bits per heavy atom. The van der Waals surface area contributed by atoms with Gasteiger partial charge < -0.3 is 10.0 Å². The molecule has 0 spiro atoms. The number of carbonyl (C=O) groups is 3. The first kappa shape index (κ1) is 28.1. The van der Waals surface area contributed by atoms with E-state index in [2.05, 4.69) is 26.3 Å². The normalized spacial score (nSPS) is 19.4. The van der Waals surface area contributed by atoms with Crippen molar-refractivity contribution < 1.29 is 19.5 Å². The first-order chi connectivity index (χ1) is 21.4. The van der Waals surface area contributed by atoms with Crippen LogP contribution in [0.1, 0.15) is 64.3 Å². The van der Waals surface area contributed by atoms with Gasteiger partial charge in [-0.25, -0.2) is 4.98 Å². The Morgan fingerprint density at radius 2 is 1.77 bits per heavy atom. The van der Waals surface area contributed by atoms with Gasteiger partial charge in [-0.05, 0) is 85.3 Å². The maximum atomic E-state index is 13.3. The van der Waals surface area contributed by atoms with E-state index in [9.17, 15) is 24.3 Å². The smallest absolute Gasteiger partial charge is 0.265 e. The summed E-state index contributed by atoms with van der Waals surface area (Å²) in [6, 6.07) is 14.7. The lowest BCUT2D eigenvalue weighted by Crippen LogP contribution is -2.52. The number of piperidine rings is 2. The summed E-state index contributed by atoms with van der Waals surface area (Å²) >= 11 is 0. The van der Waals surface area contributed by atoms with Gasteiger partial charge in [0.1, 0.15) is 12.4 Å². The fourth-order valence-electron chi connectivity index (χ4n) is 6.64. The third-order valence-corrected chi connectivity index (χ3v) is 9.08. The van der Waals surface area contributed by atoms with E-state index in [0.29, 0.717) is 46.7 Å². The van der Waals surface area contributed by atoms with Crippen molar-refractivity contribution in [2.24, 2.45) is 0 Å². The molecule has 5 heterocycles. The monoisotopic (exact) mass is 592 g/mol. The fraction of sp³-hybridized carbons (Fsp3) is 0.333. The Kier molecular flexibility index (Phi) is 7.27. The van der Waals surface area contributed by atoms with Crippen molar-refractivity contribution >= 4 is 28.6 Å². The van der Waals surface area contributed by atoms with Crippen LogP contribution in [0.5, 0.6) is 0 Å². The molecule has 7 rings (SSSR count). The number of pyridine rings is 1. The highest BCUT2D eigenvalue weighted by atomic mass is 16.3. The van der Waals surface area contributed by atoms with Crippen LogP contribution in [0.15, 0.2) is 65.8 Å². The summed E-state index contributed by atoms with van der Waals surface area (Å²) in [5, 5.41) is 12.2. The molecule has 224 valence electrons. The molecule has 2 aromatic heterocycles. The molecule has 11 nitrogen and oxygen atoms in total. The number of rotatable bonds is 6. The Morgan fingerprint density at radius 3 is 2.52 bits per heavy atom. The van der Waals surface area contributed by atoms with Gasteiger partial charge in [0.25, 0.3) is 11.5 Å². The van der Waals surface area contributed by atoms with Crippen molar-refractivity contribution in [1.82, 2.24) is 29.7 Å². The number of carbonyl (C=O) groups excluding carboxylic acids is 3. The summed E-state index contributed by atoms with van der Waals surface area (Å²) < 4.78 is 1.47. The number of aliphatic hydroxyl groups is 1. The molecule has 4 aromatic rings. The average Bonchev–Trinajstić information content (AvgIpc) is 3.37. The van der Waals surface area contributed by atoms with Crippen molar-refractivity contribution in [3.63, 3.8) is 0 Å². The van der Waals surface area contributed by atoms with Crippen LogP contribution in [0.4, 0.5) is 0 Å². The zero-order chi connectivity index (χ0) is 30.4. The Balaban J connectivity index is 1.01. The molecule has 0 aliphatic carbocycles. The second kappa shape index (κ2) is 11.4. The van der Waals surface area contributed by atoms with Crippen molar-refractivity contribution in [2.45, 2.75) is 57.3 Å². The lowest BCUT2D eigenvalue weighted by atomic mass is 9.87. The quantitative estimate of drug-likeness (QED) is 0.326. The molecule has 3 amide bonds. The second-order valence-electron chi connectivity index (χ2n) is 11.8. The van der Waals surface area contributed by atoms with E-state index < -0.39 is 11.9 Å². The maximum Gasteiger partial charge on any atom is 0.265 e. The topological polar surface area (TPSA) is 138 Å². The largest absolute Gasteiger partial charge is 0.390 e. The lowest BCUT2D eigenvalue weighted by molar-refractivity contribution is -0.136. The number of nitrogens with zero attached hydrogens (tertiary/aromatic N) is 5. The van der Waals surface area contributed by atoms with Crippen molar-refractivity contribution in [2.75, 3.05) is 13.1 Å². The summed E-state index contributed by atoms with van der Waals surface area (Å²) in [6.45, 7) is 2.76. The number of amides is 3. The summed E-state index contributed by atoms with van der Waals surface area (Å²) in [5.41, 5.74) is 5.43. The van der Waals surface area contributed by atoms with E-state index in [4.69, 9.17) is 0 Å². The summed E-state index contributed by atoms with van der Waals surface area (Å²) in [5.74, 6) is -0.460. The summed E-state index contributed by atoms with van der Waals surface area (Å²) in [6.07, 6.45) is 5.61. The summed E-state index contributed by atoms with van der Waals surface area (Å²) in [7, 11) is 0. The zero-order valence-electron chi connectivity index (χ0n) is 24.1. The molecule has 0 saturated carbocycles. The first-order valence-electron chi connectivity index (χ1n) is 14.9. The molecule has 2 saturated heterocycles. The van der Waals surface area contributed by atoms with Gasteiger partial charge in [-0.2, -0.15) is 0 Å². The highest BCUT2D eigenvalue weighted by Crippen LogP contribution is 2.34. The van der Waals surface area contributed by atoms with Crippen LogP contribution in [0.25, 0.3) is 16.6 Å². The highest BCUT2D eigenvalue weighted by Gasteiger charge is 2.39. The van der Waals surface area contributed by atoms with Gasteiger partial charge in [-0.1, -0.05) is 18.2 Å². The molecule has 1 atom stereocenters. The molecule has 1 unspecified atom stereocenters. The molecular formula is C33H32N6O5. The third kappa shape index (κ3) is 5.18. The zero-order valence-corrected chi connectivity index (χ0v) is 24.1. The van der Waals surface area contributed by atoms with Gasteiger partial charge >= 0.3 is 0 Å². The first-order valence-corrected chi connectivity index (χ1v) is 14.9. The van der Waals surface area contributed by atoms with Crippen LogP contribution < -0.4 is 10.9 Å². The SMILES string of the molecule is O=C1CCC(N2Cc3cc(C4CCN(Cc5ccc6ncn(-c7ccc(CO)nc7)c(=O)c6c5)CC4)ccc3C2=O)C(=O)N1. The Bertz CT molecular complexity index is 1840. The van der Waals surface area contributed by atoms with Crippen molar-refractivity contribution in [1.29, 1.82) is 0 Å². The second-order valence-corrected chi connectivity index (χ2v) is 11.8. The lowest BCUT2D eigenvalue weighted by Gasteiger charge is -2.32. The van der Waals surface area contributed by atoms with Crippen LogP contribution in [-0.4, -0.2) is 66.3 Å². The molecule has 2 aromatic carbocycles. The molecule has 3 aliphatic heterocycles. The number of aliphatic hydroxyl groups excluding tert-OH is 1. The number of nitrogens with one attached hydrogen (secondary N) is 1. The maximum absolute atomic E-state index is 13.3. The van der Waals surface area contributed by atoms with Crippen LogP contribution in [-0.2, 0) is 29.3 Å². The molecular weight excluding hydrogens is 560 g/mol. The predicted octanol–water partition coefficient (Wildman–Crippen LogP) is 2.41. The van der Waals surface area contributed by atoms with E-state index in [1.165, 1.54) is 16.5 Å². The minimum Gasteiger partial charge on any atom is -0.390 e. The van der Waals surface area contributed by atoms with Crippen molar-refractivity contribution in [3.05, 3.63) is 99.4 Å². The fourth-order valence-corrected chi connectivity index (χ4v) is 6.64. The van der Waals surface area contributed by atoms with E-state index >= 15 is 0 Å². The van der Waals surface area contributed by atoms with E-state index in [0.717, 1.165) is 43.6 Å². The van der Waals surface area contributed by atoms with Crippen LogP contribution in [0.3, 0.4) is 0 Å². The number of aromatic nitrogens is 3. The number of fused-ring (bicyclic) bond motifs is 2. The average molecular weight is 593 g/mol. The molecule has 2 N–H and O–H groups in total. The number of hydrogen-bond acceptors (Lipinski definition) is 8. The minimum absolute atomic E-state index is 0.149. The Hall–Kier alpha value is -4.74. The van der Waals surface area contributed by atoms with Gasteiger partial charge in [0, 0.05) is 25.1 Å². The molecule has 0 bridgehead atoms. The van der Waals surface area contributed by atoms with Crippen LogP contribution in [0, 0.1) is 0 Å². The standard InChI is InChI=1S/C33H32N6O5/c40-18-24-3-4-25(15-34-24)39-19-35-28-6-1-20(13-27(28)33(39)44)16-37-11-9-21(10-12-37)22-2-5-26-23(14-22)17-38(32(26)43)29-7-8-30(41)36-31(29)42/h1-6,13-15,19,21,29,40H,7-12,16-18H2,(H,36,41,42). The Labute approximate surface area is 253 Å². The summed E-state index contributed by atoms with van der Waals surface area (Å²) in [4.78, 5) is 63.0. The molecule has 0 radical (unpaired) electrons. The number of likely N-dealkylation sites (tertiary alicyclic amines) is 1. The minimum atomic E-state index is -0.608. The molecule has 11 heteroatoms. The van der Waals surface area contributed by atoms with E-state index in [-0.39, 0.29) is 30.4 Å². The molecule has 44 heavy (non-hydrogen) atoms. The number of imide groups is 1. The third-order valence-electron chi connectivity index (χ3n) is 9.08. The van der Waals surface area contributed by atoms with Gasteiger partial charge in [-0.15, -0.1) is 0 Å². The van der Waals surface area contributed by atoms with Crippen molar-refractivity contribution in [3.8, 4) is 5.69 Å². The van der Waals surface area contributed by atoms with Crippen LogP contribution in [0.2, 0.25) is 0 Å². The van der Waals surface area contributed by atoms with Gasteiger partial charge in [0.05, 0.1) is 35.1 Å². The number of hydrogen-bond donors (Lipinski definition) is 2. The van der Waals surface area contributed by atoms with Crippen LogP contribution >= 0.6 is 0 Å². The highest BCUT2D eigenvalue weighted by molar-refractivity contribution is 6.05. The van der Waals surface area contributed by atoms with Gasteiger partial charge in [0.2, 0.25) is 11.8 Å². The molecule has 2 fully saturated rings. The van der Waals surface area contributed by atoms with Gasteiger partial charge in [0.15, 0.2) is 0 Å². The number of benzene rings is 2. The molecule has 3 aliphatic rings. The van der Waals surface area contributed by atoms with E-state index in [1.54, 1.807) is 23.2 Å². The van der Waals surface area contributed by atoms with E-state index in [1.807, 2.05) is 30.3 Å². The van der Waals surface area contributed by atoms with Gasteiger partial charge in [-0.3, -0.25) is 38.9 Å².